The predicted molar refractivity (Wildman–Crippen MR) is 80.2 cm³/mol. The molecule has 0 saturated heterocycles. The van der Waals surface area contributed by atoms with Crippen molar-refractivity contribution in [1.82, 2.24) is 5.32 Å². The summed E-state index contributed by atoms with van der Waals surface area (Å²) in [5.74, 6) is 2.07. The van der Waals surface area contributed by atoms with Crippen molar-refractivity contribution in [3.63, 3.8) is 0 Å². The first-order valence-electron chi connectivity index (χ1n) is 7.32. The smallest absolute Gasteiger partial charge is 0.127 e. The summed E-state index contributed by atoms with van der Waals surface area (Å²) in [6, 6.07) is 5.76. The lowest BCUT2D eigenvalue weighted by Gasteiger charge is -2.14. The summed E-state index contributed by atoms with van der Waals surface area (Å²) in [6.45, 7) is 8.31. The first kappa shape index (κ1) is 16.8. The highest BCUT2D eigenvalue weighted by Crippen LogP contribution is 2.25. The van der Waals surface area contributed by atoms with Crippen LogP contribution in [0.3, 0.4) is 0 Å². The molecule has 0 fully saturated rings. The fourth-order valence-corrected chi connectivity index (χ4v) is 1.77. The van der Waals surface area contributed by atoms with Crippen molar-refractivity contribution >= 4 is 0 Å². The van der Waals surface area contributed by atoms with E-state index in [0.717, 1.165) is 24.3 Å². The summed E-state index contributed by atoms with van der Waals surface area (Å²) in [6.07, 6.45) is 0.957. The van der Waals surface area contributed by atoms with E-state index in [4.69, 9.17) is 9.47 Å². The third kappa shape index (κ3) is 6.24. The molecular weight excluding hydrogens is 257 g/mol. The zero-order valence-electron chi connectivity index (χ0n) is 12.7. The Kier molecular flexibility index (Phi) is 8.04. The van der Waals surface area contributed by atoms with Crippen molar-refractivity contribution in [2.75, 3.05) is 26.4 Å². The Labute approximate surface area is 121 Å². The summed E-state index contributed by atoms with van der Waals surface area (Å²) in [7, 11) is 0. The van der Waals surface area contributed by atoms with Crippen LogP contribution in [0, 0.1) is 5.92 Å². The maximum atomic E-state index is 12.3. The first-order chi connectivity index (χ1) is 9.67. The standard InChI is InChI=1S/C16H26FNO2/c1-4-8-19-15-6-5-14(12-18-11-13(2)3)16(10-15)20-9-7-17/h5-6,10,13,18H,4,7-9,11-12H2,1-3H3. The Morgan fingerprint density at radius 2 is 2.00 bits per heavy atom. The van der Waals surface area contributed by atoms with Gasteiger partial charge in [-0.1, -0.05) is 26.8 Å². The second-order valence-electron chi connectivity index (χ2n) is 5.18. The second kappa shape index (κ2) is 9.59. The zero-order valence-corrected chi connectivity index (χ0v) is 12.7. The van der Waals surface area contributed by atoms with Crippen LogP contribution in [0.1, 0.15) is 32.8 Å². The molecule has 0 heterocycles. The van der Waals surface area contributed by atoms with E-state index in [0.29, 0.717) is 24.8 Å². The molecule has 0 aliphatic carbocycles. The minimum Gasteiger partial charge on any atom is -0.493 e. The van der Waals surface area contributed by atoms with E-state index in [1.54, 1.807) is 0 Å². The molecule has 0 spiro atoms. The van der Waals surface area contributed by atoms with Gasteiger partial charge < -0.3 is 14.8 Å². The molecule has 1 aromatic carbocycles. The largest absolute Gasteiger partial charge is 0.493 e. The quantitative estimate of drug-likeness (QED) is 0.712. The molecule has 0 aliphatic heterocycles. The molecule has 1 aromatic rings. The highest BCUT2D eigenvalue weighted by Gasteiger charge is 2.07. The number of halogens is 1. The van der Waals surface area contributed by atoms with Crippen molar-refractivity contribution in [2.45, 2.75) is 33.7 Å². The molecular formula is C16H26FNO2. The van der Waals surface area contributed by atoms with Gasteiger partial charge in [0.25, 0.3) is 0 Å². The lowest BCUT2D eigenvalue weighted by atomic mass is 10.1. The fourth-order valence-electron chi connectivity index (χ4n) is 1.77. The van der Waals surface area contributed by atoms with Crippen LogP contribution in [0.25, 0.3) is 0 Å². The van der Waals surface area contributed by atoms with E-state index in [1.807, 2.05) is 18.2 Å². The second-order valence-corrected chi connectivity index (χ2v) is 5.18. The fraction of sp³-hybridized carbons (Fsp3) is 0.625. The van der Waals surface area contributed by atoms with Gasteiger partial charge in [0.1, 0.15) is 24.8 Å². The minimum absolute atomic E-state index is 0.0778. The van der Waals surface area contributed by atoms with Crippen LogP contribution in [-0.2, 0) is 6.54 Å². The van der Waals surface area contributed by atoms with Crippen molar-refractivity contribution in [3.05, 3.63) is 23.8 Å². The van der Waals surface area contributed by atoms with Gasteiger partial charge in [0.2, 0.25) is 0 Å². The minimum atomic E-state index is -0.487. The third-order valence-corrected chi connectivity index (χ3v) is 2.71. The number of rotatable bonds is 10. The van der Waals surface area contributed by atoms with E-state index >= 15 is 0 Å². The molecule has 0 bridgehead atoms. The predicted octanol–water partition coefficient (Wildman–Crippen LogP) is 3.57. The Morgan fingerprint density at radius 3 is 2.65 bits per heavy atom. The highest BCUT2D eigenvalue weighted by molar-refractivity contribution is 5.40. The molecule has 0 amide bonds. The molecule has 0 aromatic heterocycles. The van der Waals surface area contributed by atoms with Gasteiger partial charge >= 0.3 is 0 Å². The zero-order chi connectivity index (χ0) is 14.8. The van der Waals surface area contributed by atoms with Crippen LogP contribution in [0.2, 0.25) is 0 Å². The Hall–Kier alpha value is -1.29. The van der Waals surface area contributed by atoms with Gasteiger partial charge in [0, 0.05) is 18.2 Å². The van der Waals surface area contributed by atoms with Gasteiger partial charge in [-0.15, -0.1) is 0 Å². The lowest BCUT2D eigenvalue weighted by molar-refractivity contribution is 0.266. The maximum Gasteiger partial charge on any atom is 0.127 e. The van der Waals surface area contributed by atoms with Gasteiger partial charge in [0.15, 0.2) is 0 Å². The summed E-state index contributed by atoms with van der Waals surface area (Å²) in [4.78, 5) is 0. The molecule has 20 heavy (non-hydrogen) atoms. The van der Waals surface area contributed by atoms with Gasteiger partial charge in [-0.3, -0.25) is 0 Å². The Bertz CT molecular complexity index is 383. The average Bonchev–Trinajstić information content (AvgIpc) is 2.44. The topological polar surface area (TPSA) is 30.5 Å². The number of hydrogen-bond acceptors (Lipinski definition) is 3. The summed E-state index contributed by atoms with van der Waals surface area (Å²) in [5, 5.41) is 3.37. The monoisotopic (exact) mass is 283 g/mol. The molecule has 4 heteroatoms. The summed E-state index contributed by atoms with van der Waals surface area (Å²) in [5.41, 5.74) is 1.03. The molecule has 0 unspecified atom stereocenters. The number of benzene rings is 1. The summed E-state index contributed by atoms with van der Waals surface area (Å²) < 4.78 is 23.3. The molecule has 1 N–H and O–H groups in total. The van der Waals surface area contributed by atoms with Crippen LogP contribution in [-0.4, -0.2) is 26.4 Å². The van der Waals surface area contributed by atoms with Crippen molar-refractivity contribution in [1.29, 1.82) is 0 Å². The summed E-state index contributed by atoms with van der Waals surface area (Å²) >= 11 is 0. The first-order valence-corrected chi connectivity index (χ1v) is 7.32. The molecule has 0 aliphatic rings. The van der Waals surface area contributed by atoms with E-state index < -0.39 is 6.67 Å². The molecule has 3 nitrogen and oxygen atoms in total. The van der Waals surface area contributed by atoms with Crippen LogP contribution < -0.4 is 14.8 Å². The van der Waals surface area contributed by atoms with Gasteiger partial charge in [0.05, 0.1) is 6.61 Å². The van der Waals surface area contributed by atoms with Gasteiger partial charge in [-0.25, -0.2) is 4.39 Å². The molecule has 0 radical (unpaired) electrons. The number of ether oxygens (including phenoxy) is 2. The van der Waals surface area contributed by atoms with Gasteiger partial charge in [-0.2, -0.15) is 0 Å². The van der Waals surface area contributed by atoms with Crippen LogP contribution in [0.15, 0.2) is 18.2 Å². The molecule has 1 rings (SSSR count). The van der Waals surface area contributed by atoms with E-state index in [2.05, 4.69) is 26.1 Å². The maximum absolute atomic E-state index is 12.3. The van der Waals surface area contributed by atoms with Crippen molar-refractivity contribution in [2.24, 2.45) is 5.92 Å². The molecule has 114 valence electrons. The van der Waals surface area contributed by atoms with Crippen molar-refractivity contribution < 1.29 is 13.9 Å². The number of hydrogen-bond donors (Lipinski definition) is 1. The highest BCUT2D eigenvalue weighted by atomic mass is 19.1. The number of alkyl halides is 1. The lowest BCUT2D eigenvalue weighted by Crippen LogP contribution is -2.19. The number of nitrogens with one attached hydrogen (secondary N) is 1. The van der Waals surface area contributed by atoms with E-state index in [9.17, 15) is 4.39 Å². The van der Waals surface area contributed by atoms with Crippen molar-refractivity contribution in [3.8, 4) is 11.5 Å². The Morgan fingerprint density at radius 1 is 1.20 bits per heavy atom. The third-order valence-electron chi connectivity index (χ3n) is 2.71. The van der Waals surface area contributed by atoms with Crippen LogP contribution in [0.4, 0.5) is 4.39 Å². The van der Waals surface area contributed by atoms with E-state index in [-0.39, 0.29) is 6.61 Å². The van der Waals surface area contributed by atoms with E-state index in [1.165, 1.54) is 0 Å². The molecule has 0 atom stereocenters. The molecule has 0 saturated carbocycles. The van der Waals surface area contributed by atoms with Gasteiger partial charge in [-0.05, 0) is 24.9 Å². The SMILES string of the molecule is CCCOc1ccc(CNCC(C)C)c(OCCF)c1. The van der Waals surface area contributed by atoms with Crippen LogP contribution >= 0.6 is 0 Å². The Balaban J connectivity index is 2.69. The normalized spacial score (nSPS) is 10.8. The van der Waals surface area contributed by atoms with Crippen LogP contribution in [0.5, 0.6) is 11.5 Å². The average molecular weight is 283 g/mol.